The molecule has 1 saturated heterocycles. The van der Waals surface area contributed by atoms with E-state index in [1.54, 1.807) is 6.08 Å². The highest BCUT2D eigenvalue weighted by Gasteiger charge is 2.43. The number of hydrazone groups is 1. The minimum Gasteiger partial charge on any atom is -0.477 e. The van der Waals surface area contributed by atoms with Gasteiger partial charge in [-0.1, -0.05) is 6.08 Å². The zero-order chi connectivity index (χ0) is 18.7. The van der Waals surface area contributed by atoms with Crippen LogP contribution in [-0.4, -0.2) is 76.4 Å². The Bertz CT molecular complexity index is 811. The second kappa shape index (κ2) is 6.19. The first-order valence-electron chi connectivity index (χ1n) is 9.83. The molecule has 1 N–H and O–H groups in total. The number of rotatable bonds is 3. The van der Waals surface area contributed by atoms with Gasteiger partial charge in [0.25, 0.3) is 0 Å². The van der Waals surface area contributed by atoms with Crippen LogP contribution in [-0.2, 0) is 4.79 Å². The fraction of sp³-hybridized carbons (Fsp3) is 0.600. The van der Waals surface area contributed by atoms with Gasteiger partial charge in [0.15, 0.2) is 0 Å². The Labute approximate surface area is 158 Å². The van der Waals surface area contributed by atoms with Gasteiger partial charge in [-0.3, -0.25) is 9.91 Å². The molecule has 3 aliphatic heterocycles. The molecule has 6 nitrogen and oxygen atoms in total. The first-order chi connectivity index (χ1) is 13.0. The molecule has 144 valence electrons. The quantitative estimate of drug-likeness (QED) is 0.769. The Kier molecular flexibility index (Phi) is 3.89. The first kappa shape index (κ1) is 17.0. The van der Waals surface area contributed by atoms with Crippen LogP contribution in [0.15, 0.2) is 39.9 Å². The molecule has 27 heavy (non-hydrogen) atoms. The van der Waals surface area contributed by atoms with Crippen molar-refractivity contribution in [3.63, 3.8) is 0 Å². The van der Waals surface area contributed by atoms with Crippen molar-refractivity contribution in [1.29, 1.82) is 0 Å². The SMILES string of the molecule is CN1CCC=C2CN(C3=C(F)C=C4CC(C(=O)O)=NN(C5CC5)C4C3)CC21. The maximum Gasteiger partial charge on any atom is 0.352 e. The summed E-state index contributed by atoms with van der Waals surface area (Å²) in [6, 6.07) is 0.668. The normalized spacial score (nSPS) is 31.3. The van der Waals surface area contributed by atoms with Crippen LogP contribution >= 0.6 is 0 Å². The molecule has 0 radical (unpaired) electrons. The van der Waals surface area contributed by atoms with Crippen LogP contribution in [0.25, 0.3) is 0 Å². The minimum absolute atomic E-state index is 0.00978. The van der Waals surface area contributed by atoms with Crippen LogP contribution < -0.4 is 0 Å². The number of likely N-dealkylation sites (N-methyl/N-ethyl adjacent to an activating group) is 1. The lowest BCUT2D eigenvalue weighted by Crippen LogP contribution is -2.44. The fourth-order valence-corrected chi connectivity index (χ4v) is 4.85. The molecule has 0 spiro atoms. The Morgan fingerprint density at radius 2 is 2.11 bits per heavy atom. The first-order valence-corrected chi connectivity index (χ1v) is 9.83. The largest absolute Gasteiger partial charge is 0.477 e. The number of fused-ring (bicyclic) bond motifs is 2. The average molecular weight is 372 g/mol. The van der Waals surface area contributed by atoms with Crippen LogP contribution in [0.3, 0.4) is 0 Å². The second-order valence-electron chi connectivity index (χ2n) is 8.32. The third-order valence-corrected chi connectivity index (χ3v) is 6.49. The van der Waals surface area contributed by atoms with E-state index in [9.17, 15) is 9.90 Å². The van der Waals surface area contributed by atoms with Gasteiger partial charge in [0.05, 0.1) is 11.7 Å². The lowest BCUT2D eigenvalue weighted by Gasteiger charge is -2.39. The standard InChI is InChI=1S/C20H25FN4O2/c1-23-6-2-3-12-10-24(11-19(12)23)18-9-17-13(7-15(18)21)8-16(20(26)27)22-25(17)14-4-5-14/h3,7,14,17,19H,2,4-6,8-11H2,1H3,(H,26,27). The predicted molar refractivity (Wildman–Crippen MR) is 99.9 cm³/mol. The fourth-order valence-electron chi connectivity index (χ4n) is 4.85. The van der Waals surface area contributed by atoms with Crippen LogP contribution in [0.4, 0.5) is 4.39 Å². The van der Waals surface area contributed by atoms with E-state index in [0.29, 0.717) is 18.5 Å². The Morgan fingerprint density at radius 3 is 2.81 bits per heavy atom. The number of carbonyl (C=O) groups is 1. The number of nitrogens with zero attached hydrogens (tertiary/aromatic N) is 4. The second-order valence-corrected chi connectivity index (χ2v) is 8.32. The summed E-state index contributed by atoms with van der Waals surface area (Å²) in [5.74, 6) is -1.21. The van der Waals surface area contributed by atoms with Crippen molar-refractivity contribution in [2.75, 3.05) is 26.7 Å². The van der Waals surface area contributed by atoms with E-state index < -0.39 is 5.97 Å². The summed E-state index contributed by atoms with van der Waals surface area (Å²) in [7, 11) is 2.14. The summed E-state index contributed by atoms with van der Waals surface area (Å²) < 4.78 is 15.0. The van der Waals surface area contributed by atoms with Gasteiger partial charge in [0.1, 0.15) is 11.5 Å². The number of carboxylic acids is 1. The number of allylic oxidation sites excluding steroid dienone is 2. The molecule has 2 fully saturated rings. The lowest BCUT2D eigenvalue weighted by molar-refractivity contribution is -0.129. The number of aliphatic carboxylic acids is 1. The topological polar surface area (TPSA) is 59.4 Å². The highest BCUT2D eigenvalue weighted by molar-refractivity contribution is 6.36. The molecular formula is C20H25FN4O2. The molecule has 0 amide bonds. The summed E-state index contributed by atoms with van der Waals surface area (Å²) in [6.45, 7) is 2.67. The zero-order valence-electron chi connectivity index (χ0n) is 15.6. The molecule has 3 heterocycles. The van der Waals surface area contributed by atoms with E-state index in [2.05, 4.69) is 28.0 Å². The van der Waals surface area contributed by atoms with E-state index in [-0.39, 0.29) is 24.0 Å². The summed E-state index contributed by atoms with van der Waals surface area (Å²) >= 11 is 0. The van der Waals surface area contributed by atoms with Gasteiger partial charge < -0.3 is 10.0 Å². The molecule has 1 saturated carbocycles. The van der Waals surface area contributed by atoms with E-state index in [0.717, 1.165) is 50.2 Å². The van der Waals surface area contributed by atoms with Gasteiger partial charge in [-0.05, 0) is 43.5 Å². The van der Waals surface area contributed by atoms with Gasteiger partial charge in [-0.25, -0.2) is 9.18 Å². The Hall–Kier alpha value is -2.15. The van der Waals surface area contributed by atoms with E-state index in [1.807, 2.05) is 5.01 Å². The molecule has 0 aromatic heterocycles. The molecular weight excluding hydrogens is 347 g/mol. The van der Waals surface area contributed by atoms with E-state index in [1.165, 1.54) is 5.57 Å². The zero-order valence-corrected chi connectivity index (χ0v) is 15.6. The van der Waals surface area contributed by atoms with E-state index >= 15 is 4.39 Å². The molecule has 0 aromatic rings. The molecule has 0 bridgehead atoms. The monoisotopic (exact) mass is 372 g/mol. The molecule has 0 aromatic carbocycles. The number of carboxylic acid groups (broad SMARTS) is 1. The Balaban J connectivity index is 1.43. The van der Waals surface area contributed by atoms with Crippen LogP contribution in [0.5, 0.6) is 0 Å². The molecule has 2 unspecified atom stereocenters. The summed E-state index contributed by atoms with van der Waals surface area (Å²) in [5.41, 5.74) is 3.13. The number of likely N-dealkylation sites (tertiary alicyclic amines) is 1. The predicted octanol–water partition coefficient (Wildman–Crippen LogP) is 2.12. The van der Waals surface area contributed by atoms with Crippen molar-refractivity contribution in [2.24, 2.45) is 5.10 Å². The van der Waals surface area contributed by atoms with E-state index in [4.69, 9.17) is 0 Å². The highest BCUT2D eigenvalue weighted by Crippen LogP contribution is 2.42. The summed E-state index contributed by atoms with van der Waals surface area (Å²) in [5, 5.41) is 15.7. The molecule has 7 heteroatoms. The third kappa shape index (κ3) is 2.88. The number of hydrogen-bond acceptors (Lipinski definition) is 5. The van der Waals surface area contributed by atoms with Crippen LogP contribution in [0, 0.1) is 0 Å². The number of hydrogen-bond donors (Lipinski definition) is 1. The van der Waals surface area contributed by atoms with Crippen molar-refractivity contribution in [3.8, 4) is 0 Å². The Morgan fingerprint density at radius 1 is 1.30 bits per heavy atom. The van der Waals surface area contributed by atoms with Gasteiger partial charge >= 0.3 is 5.97 Å². The third-order valence-electron chi connectivity index (χ3n) is 6.49. The lowest BCUT2D eigenvalue weighted by atomic mass is 9.89. The van der Waals surface area contributed by atoms with Crippen molar-refractivity contribution in [2.45, 2.75) is 50.2 Å². The van der Waals surface area contributed by atoms with Crippen molar-refractivity contribution < 1.29 is 14.3 Å². The van der Waals surface area contributed by atoms with Crippen LogP contribution in [0.2, 0.25) is 0 Å². The molecule has 5 rings (SSSR count). The molecule has 5 aliphatic rings. The molecule has 2 aliphatic carbocycles. The van der Waals surface area contributed by atoms with Crippen molar-refractivity contribution in [1.82, 2.24) is 14.8 Å². The maximum absolute atomic E-state index is 15.0. The van der Waals surface area contributed by atoms with Gasteiger partial charge in [0, 0.05) is 44.6 Å². The van der Waals surface area contributed by atoms with Gasteiger partial charge in [-0.2, -0.15) is 5.10 Å². The van der Waals surface area contributed by atoms with Gasteiger partial charge in [0.2, 0.25) is 0 Å². The summed E-state index contributed by atoms with van der Waals surface area (Å²) in [6.07, 6.45) is 7.84. The van der Waals surface area contributed by atoms with Crippen molar-refractivity contribution >= 4 is 11.7 Å². The minimum atomic E-state index is -1.01. The number of halogens is 1. The molecule has 2 atom stereocenters. The van der Waals surface area contributed by atoms with Gasteiger partial charge in [-0.15, -0.1) is 0 Å². The van der Waals surface area contributed by atoms with Crippen LogP contribution in [0.1, 0.15) is 32.1 Å². The average Bonchev–Trinajstić information content (AvgIpc) is 3.39. The highest BCUT2D eigenvalue weighted by atomic mass is 19.1. The maximum atomic E-state index is 15.0. The summed E-state index contributed by atoms with van der Waals surface area (Å²) in [4.78, 5) is 16.0. The van der Waals surface area contributed by atoms with Crippen molar-refractivity contribution in [3.05, 3.63) is 34.8 Å². The smallest absolute Gasteiger partial charge is 0.352 e.